The summed E-state index contributed by atoms with van der Waals surface area (Å²) in [6.07, 6.45) is 4.14. The number of anilines is 1. The molecule has 8 nitrogen and oxygen atoms in total. The molecular formula is C18H24N2O6S. The molecule has 1 aromatic carbocycles. The predicted molar refractivity (Wildman–Crippen MR) is 100 cm³/mol. The van der Waals surface area contributed by atoms with Crippen molar-refractivity contribution in [3.8, 4) is 5.75 Å². The minimum Gasteiger partial charge on any atom is -0.492 e. The zero-order chi connectivity index (χ0) is 20.2. The van der Waals surface area contributed by atoms with Gasteiger partial charge >= 0.3 is 5.97 Å². The maximum absolute atomic E-state index is 12.6. The third kappa shape index (κ3) is 4.67. The first-order valence-electron chi connectivity index (χ1n) is 8.56. The van der Waals surface area contributed by atoms with Crippen molar-refractivity contribution < 1.29 is 27.9 Å². The molecule has 0 radical (unpaired) electrons. The molecule has 0 bridgehead atoms. The van der Waals surface area contributed by atoms with Gasteiger partial charge in [0.1, 0.15) is 10.6 Å². The number of nitrogens with one attached hydrogen (secondary N) is 1. The van der Waals surface area contributed by atoms with Crippen LogP contribution in [0.4, 0.5) is 5.69 Å². The van der Waals surface area contributed by atoms with Gasteiger partial charge in [-0.3, -0.25) is 9.59 Å². The molecule has 0 aromatic heterocycles. The number of aliphatic carboxylic acids is 1. The van der Waals surface area contributed by atoms with Crippen LogP contribution in [-0.4, -0.2) is 50.4 Å². The van der Waals surface area contributed by atoms with Gasteiger partial charge < -0.3 is 15.2 Å². The average molecular weight is 396 g/mol. The Labute approximate surface area is 158 Å². The summed E-state index contributed by atoms with van der Waals surface area (Å²) < 4.78 is 31.6. The third-order valence-electron chi connectivity index (χ3n) is 4.36. The number of hydrogen-bond acceptors (Lipinski definition) is 5. The largest absolute Gasteiger partial charge is 0.492 e. The number of carboxylic acid groups (broad SMARTS) is 1. The zero-order valence-corrected chi connectivity index (χ0v) is 16.3. The molecule has 1 aromatic rings. The summed E-state index contributed by atoms with van der Waals surface area (Å²) in [6.45, 7) is 2.03. The molecule has 0 saturated heterocycles. The van der Waals surface area contributed by atoms with Gasteiger partial charge in [-0.2, -0.15) is 0 Å². The molecule has 1 amide bonds. The Morgan fingerprint density at radius 3 is 2.41 bits per heavy atom. The van der Waals surface area contributed by atoms with E-state index in [-0.39, 0.29) is 29.4 Å². The van der Waals surface area contributed by atoms with E-state index in [1.807, 2.05) is 0 Å². The molecule has 0 fully saturated rings. The molecule has 9 heteroatoms. The minimum atomic E-state index is -3.79. The van der Waals surface area contributed by atoms with Crippen LogP contribution >= 0.6 is 0 Å². The maximum Gasteiger partial charge on any atom is 0.307 e. The number of hydrogen-bond donors (Lipinski definition) is 2. The fourth-order valence-corrected chi connectivity index (χ4v) is 3.92. The van der Waals surface area contributed by atoms with Crippen LogP contribution in [0.5, 0.6) is 5.75 Å². The zero-order valence-electron chi connectivity index (χ0n) is 15.5. The monoisotopic (exact) mass is 396 g/mol. The van der Waals surface area contributed by atoms with E-state index in [1.54, 1.807) is 19.1 Å². The SMILES string of the molecule is CCOc1ccc(NC(=O)C2CC=CCC2C(=O)O)cc1S(=O)(=O)N(C)C. The van der Waals surface area contributed by atoms with Gasteiger partial charge in [0.25, 0.3) is 0 Å². The van der Waals surface area contributed by atoms with Gasteiger partial charge in [-0.25, -0.2) is 12.7 Å². The lowest BCUT2D eigenvalue weighted by atomic mass is 9.82. The summed E-state index contributed by atoms with van der Waals surface area (Å²) in [5.41, 5.74) is 0.266. The maximum atomic E-state index is 12.6. The van der Waals surface area contributed by atoms with Gasteiger partial charge in [-0.15, -0.1) is 0 Å². The Hall–Kier alpha value is -2.39. The van der Waals surface area contributed by atoms with Crippen LogP contribution in [0, 0.1) is 11.8 Å². The Morgan fingerprint density at radius 1 is 1.22 bits per heavy atom. The highest BCUT2D eigenvalue weighted by Crippen LogP contribution is 2.31. The first-order chi connectivity index (χ1) is 12.7. The number of carbonyl (C=O) groups excluding carboxylic acids is 1. The second kappa shape index (κ2) is 8.53. The highest BCUT2D eigenvalue weighted by molar-refractivity contribution is 7.89. The van der Waals surface area contributed by atoms with Crippen LogP contribution in [-0.2, 0) is 19.6 Å². The molecular weight excluding hydrogens is 372 g/mol. The van der Waals surface area contributed by atoms with Gasteiger partial charge in [0.05, 0.1) is 18.4 Å². The Kier molecular flexibility index (Phi) is 6.61. The van der Waals surface area contributed by atoms with Crippen molar-refractivity contribution in [3.05, 3.63) is 30.4 Å². The fraction of sp³-hybridized carbons (Fsp3) is 0.444. The lowest BCUT2D eigenvalue weighted by Gasteiger charge is -2.24. The van der Waals surface area contributed by atoms with E-state index in [2.05, 4.69) is 5.32 Å². The van der Waals surface area contributed by atoms with Gasteiger partial charge in [0.2, 0.25) is 15.9 Å². The smallest absolute Gasteiger partial charge is 0.307 e. The van der Waals surface area contributed by atoms with Gasteiger partial charge in [-0.1, -0.05) is 12.2 Å². The first-order valence-corrected chi connectivity index (χ1v) is 10.0. The summed E-state index contributed by atoms with van der Waals surface area (Å²) in [5.74, 6) is -2.81. The van der Waals surface area contributed by atoms with Crippen LogP contribution in [0.25, 0.3) is 0 Å². The van der Waals surface area contributed by atoms with Crippen LogP contribution in [0.3, 0.4) is 0 Å². The summed E-state index contributed by atoms with van der Waals surface area (Å²) in [4.78, 5) is 23.9. The highest BCUT2D eigenvalue weighted by Gasteiger charge is 2.34. The molecule has 0 heterocycles. The van der Waals surface area contributed by atoms with E-state index in [0.717, 1.165) is 4.31 Å². The van der Waals surface area contributed by atoms with E-state index in [0.29, 0.717) is 6.42 Å². The number of carboxylic acids is 1. The third-order valence-corrected chi connectivity index (χ3v) is 6.19. The Balaban J connectivity index is 2.32. The van der Waals surface area contributed by atoms with Gasteiger partial charge in [0.15, 0.2) is 0 Å². The molecule has 2 unspecified atom stereocenters. The summed E-state index contributed by atoms with van der Waals surface area (Å²) in [5, 5.41) is 12.0. The number of carbonyl (C=O) groups is 2. The van der Waals surface area contributed by atoms with Crippen molar-refractivity contribution in [3.63, 3.8) is 0 Å². The molecule has 0 saturated carbocycles. The summed E-state index contributed by atoms with van der Waals surface area (Å²) in [6, 6.07) is 4.34. The number of ether oxygens (including phenoxy) is 1. The number of nitrogens with zero attached hydrogens (tertiary/aromatic N) is 1. The van der Waals surface area contributed by atoms with E-state index >= 15 is 0 Å². The number of allylic oxidation sites excluding steroid dienone is 2. The van der Waals surface area contributed by atoms with Crippen LogP contribution < -0.4 is 10.1 Å². The summed E-state index contributed by atoms with van der Waals surface area (Å²) >= 11 is 0. The molecule has 27 heavy (non-hydrogen) atoms. The molecule has 1 aliphatic rings. The van der Waals surface area contributed by atoms with Crippen LogP contribution in [0.2, 0.25) is 0 Å². The van der Waals surface area contributed by atoms with Crippen molar-refractivity contribution in [1.82, 2.24) is 4.31 Å². The van der Waals surface area contributed by atoms with Crippen molar-refractivity contribution in [2.75, 3.05) is 26.0 Å². The fourth-order valence-electron chi connectivity index (χ4n) is 2.87. The molecule has 148 valence electrons. The quantitative estimate of drug-likeness (QED) is 0.681. The van der Waals surface area contributed by atoms with Crippen molar-refractivity contribution in [1.29, 1.82) is 0 Å². The van der Waals surface area contributed by atoms with E-state index in [1.165, 1.54) is 32.3 Å². The molecule has 1 aliphatic carbocycles. The van der Waals surface area contributed by atoms with E-state index in [4.69, 9.17) is 4.74 Å². The van der Waals surface area contributed by atoms with Gasteiger partial charge in [0, 0.05) is 19.8 Å². The first kappa shape index (κ1) is 20.9. The summed E-state index contributed by atoms with van der Waals surface area (Å²) in [7, 11) is -0.976. The molecule has 0 spiro atoms. The second-order valence-electron chi connectivity index (χ2n) is 6.37. The highest BCUT2D eigenvalue weighted by atomic mass is 32.2. The van der Waals surface area contributed by atoms with Gasteiger partial charge in [-0.05, 0) is 38.0 Å². The Bertz CT molecular complexity index is 847. The van der Waals surface area contributed by atoms with Crippen LogP contribution in [0.15, 0.2) is 35.2 Å². The number of sulfonamides is 1. The minimum absolute atomic E-state index is 0.0644. The van der Waals surface area contributed by atoms with Crippen molar-refractivity contribution in [2.45, 2.75) is 24.7 Å². The number of rotatable bonds is 7. The molecule has 0 aliphatic heterocycles. The Morgan fingerprint density at radius 2 is 1.85 bits per heavy atom. The lowest BCUT2D eigenvalue weighted by molar-refractivity contribution is -0.146. The normalized spacial score (nSPS) is 19.7. The number of amides is 1. The van der Waals surface area contributed by atoms with Crippen LogP contribution in [0.1, 0.15) is 19.8 Å². The lowest BCUT2D eigenvalue weighted by Crippen LogP contribution is -2.34. The number of benzene rings is 1. The molecule has 2 atom stereocenters. The predicted octanol–water partition coefficient (Wildman–Crippen LogP) is 1.94. The topological polar surface area (TPSA) is 113 Å². The molecule has 2 N–H and O–H groups in total. The standard InChI is InChI=1S/C18H24N2O6S/c1-4-26-15-10-9-12(11-16(15)27(24,25)20(2)3)19-17(21)13-7-5-6-8-14(13)18(22)23/h5-6,9-11,13-14H,4,7-8H2,1-3H3,(H,19,21)(H,22,23). The molecule has 2 rings (SSSR count). The van der Waals surface area contributed by atoms with E-state index < -0.39 is 33.7 Å². The van der Waals surface area contributed by atoms with Crippen molar-refractivity contribution >= 4 is 27.6 Å². The van der Waals surface area contributed by atoms with Crippen molar-refractivity contribution in [2.24, 2.45) is 11.8 Å². The second-order valence-corrected chi connectivity index (χ2v) is 8.49. The van der Waals surface area contributed by atoms with E-state index in [9.17, 15) is 23.1 Å². The average Bonchev–Trinajstić information content (AvgIpc) is 2.62.